The molecule has 1 aromatic carbocycles. The molecule has 0 aliphatic heterocycles. The van der Waals surface area contributed by atoms with Crippen LogP contribution in [0.25, 0.3) is 16.3 Å². The Morgan fingerprint density at radius 1 is 1.27 bits per heavy atom. The molecule has 0 saturated carbocycles. The monoisotopic (exact) mass is 327 g/mol. The van der Waals surface area contributed by atoms with E-state index in [9.17, 15) is 18.3 Å². The number of halogens is 3. The van der Waals surface area contributed by atoms with Gasteiger partial charge in [0, 0.05) is 5.56 Å². The van der Waals surface area contributed by atoms with Gasteiger partial charge in [-0.05, 0) is 31.6 Å². The Bertz CT molecular complexity index is 672. The molecule has 0 radical (unpaired) electrons. The Kier molecular flexibility index (Phi) is 4.90. The zero-order chi connectivity index (χ0) is 16.3. The maximum absolute atomic E-state index is 12.6. The van der Waals surface area contributed by atoms with Crippen LogP contribution in [0.2, 0.25) is 0 Å². The molecule has 1 aromatic heterocycles. The summed E-state index contributed by atoms with van der Waals surface area (Å²) in [7, 11) is 0. The predicted molar refractivity (Wildman–Crippen MR) is 82.8 cm³/mol. The minimum atomic E-state index is -4.34. The molecule has 0 atom stereocenters. The average Bonchev–Trinajstić information content (AvgIpc) is 2.86. The van der Waals surface area contributed by atoms with Crippen LogP contribution in [0.3, 0.4) is 0 Å². The van der Waals surface area contributed by atoms with E-state index < -0.39 is 11.7 Å². The number of unbranched alkanes of at least 4 members (excludes halogenated alkanes) is 1. The summed E-state index contributed by atoms with van der Waals surface area (Å²) < 4.78 is 37.7. The minimum absolute atomic E-state index is 0.176. The van der Waals surface area contributed by atoms with Gasteiger partial charge in [0.2, 0.25) is 0 Å². The van der Waals surface area contributed by atoms with Gasteiger partial charge < -0.3 is 5.11 Å². The highest BCUT2D eigenvalue weighted by atomic mass is 32.1. The number of hydrogen-bond acceptors (Lipinski definition) is 3. The van der Waals surface area contributed by atoms with Crippen LogP contribution in [-0.4, -0.2) is 10.1 Å². The molecule has 2 rings (SSSR count). The number of aliphatic hydroxyl groups is 1. The highest BCUT2D eigenvalue weighted by molar-refractivity contribution is 7.16. The molecule has 6 heteroatoms. The van der Waals surface area contributed by atoms with E-state index in [4.69, 9.17) is 0 Å². The van der Waals surface area contributed by atoms with Gasteiger partial charge in [-0.2, -0.15) is 13.2 Å². The third-order valence-electron chi connectivity index (χ3n) is 3.11. The van der Waals surface area contributed by atoms with E-state index in [1.165, 1.54) is 23.5 Å². The van der Waals surface area contributed by atoms with Gasteiger partial charge in [0.25, 0.3) is 0 Å². The quantitative estimate of drug-likeness (QED) is 0.716. The van der Waals surface area contributed by atoms with Crippen molar-refractivity contribution in [1.29, 1.82) is 0 Å². The molecule has 0 fully saturated rings. The first kappa shape index (κ1) is 16.5. The summed E-state index contributed by atoms with van der Waals surface area (Å²) in [5.41, 5.74) is 0.593. The van der Waals surface area contributed by atoms with Crippen LogP contribution in [0.5, 0.6) is 0 Å². The van der Waals surface area contributed by atoms with Crippen LogP contribution < -0.4 is 0 Å². The Morgan fingerprint density at radius 2 is 1.91 bits per heavy atom. The molecule has 22 heavy (non-hydrogen) atoms. The molecule has 2 nitrogen and oxygen atoms in total. The molecule has 0 aliphatic rings. The van der Waals surface area contributed by atoms with E-state index in [1.54, 1.807) is 13.0 Å². The Hall–Kier alpha value is -1.82. The van der Waals surface area contributed by atoms with E-state index >= 15 is 0 Å². The summed E-state index contributed by atoms with van der Waals surface area (Å²) in [6.07, 6.45) is -0.923. The number of aliphatic hydroxyl groups excluding tert-OH is 1. The summed E-state index contributed by atoms with van der Waals surface area (Å²) in [6, 6.07) is 4.88. The standard InChI is InChI=1S/C16H16F3NOS/c1-3-4-5-13(21)14-10(2)20-15(22-14)11-6-8-12(9-7-11)16(17,18)19/h5-9,21H,3-4H2,1-2H3. The fraction of sp³-hybridized carbons (Fsp3) is 0.312. The molecule has 118 valence electrons. The van der Waals surface area contributed by atoms with Crippen LogP contribution in [0, 0.1) is 6.92 Å². The van der Waals surface area contributed by atoms with Crippen LogP contribution in [0.1, 0.15) is 35.9 Å². The van der Waals surface area contributed by atoms with Gasteiger partial charge in [-0.3, -0.25) is 0 Å². The molecular weight excluding hydrogens is 311 g/mol. The molecule has 0 aliphatic carbocycles. The summed E-state index contributed by atoms with van der Waals surface area (Å²) in [5, 5.41) is 10.6. The zero-order valence-electron chi connectivity index (χ0n) is 12.2. The van der Waals surface area contributed by atoms with Crippen molar-refractivity contribution in [2.45, 2.75) is 32.9 Å². The van der Waals surface area contributed by atoms with E-state index in [0.717, 1.165) is 25.0 Å². The van der Waals surface area contributed by atoms with Gasteiger partial charge in [-0.25, -0.2) is 4.98 Å². The SMILES string of the molecule is CCCC=C(O)c1sc(-c2ccc(C(F)(F)F)cc2)nc1C. The van der Waals surface area contributed by atoms with E-state index in [-0.39, 0.29) is 5.76 Å². The van der Waals surface area contributed by atoms with Crippen LogP contribution in [0.15, 0.2) is 30.3 Å². The lowest BCUT2D eigenvalue weighted by molar-refractivity contribution is -0.137. The molecule has 0 spiro atoms. The lowest BCUT2D eigenvalue weighted by atomic mass is 10.1. The average molecular weight is 327 g/mol. The summed E-state index contributed by atoms with van der Waals surface area (Å²) >= 11 is 1.27. The molecule has 0 amide bonds. The van der Waals surface area contributed by atoms with Gasteiger partial charge in [0.05, 0.1) is 16.1 Å². The van der Waals surface area contributed by atoms with Gasteiger partial charge in [-0.15, -0.1) is 11.3 Å². The molecule has 1 N–H and O–H groups in total. The first-order chi connectivity index (χ1) is 10.3. The molecule has 0 bridgehead atoms. The minimum Gasteiger partial charge on any atom is -0.507 e. The maximum Gasteiger partial charge on any atom is 0.416 e. The topological polar surface area (TPSA) is 33.1 Å². The van der Waals surface area contributed by atoms with Crippen molar-refractivity contribution >= 4 is 17.1 Å². The Labute approximate surface area is 131 Å². The molecule has 0 unspecified atom stereocenters. The number of aromatic nitrogens is 1. The summed E-state index contributed by atoms with van der Waals surface area (Å²) in [4.78, 5) is 4.99. The number of benzene rings is 1. The molecular formula is C16H16F3NOS. The number of thiazole rings is 1. The smallest absolute Gasteiger partial charge is 0.416 e. The van der Waals surface area contributed by atoms with Gasteiger partial charge in [0.15, 0.2) is 0 Å². The second kappa shape index (κ2) is 6.52. The number of allylic oxidation sites excluding steroid dienone is 1. The fourth-order valence-electron chi connectivity index (χ4n) is 1.93. The maximum atomic E-state index is 12.6. The van der Waals surface area contributed by atoms with Crippen LogP contribution >= 0.6 is 11.3 Å². The third-order valence-corrected chi connectivity index (χ3v) is 4.34. The zero-order valence-corrected chi connectivity index (χ0v) is 13.1. The van der Waals surface area contributed by atoms with Gasteiger partial charge in [-0.1, -0.05) is 25.5 Å². The lowest BCUT2D eigenvalue weighted by Gasteiger charge is -2.06. The number of rotatable bonds is 4. The van der Waals surface area contributed by atoms with E-state index in [0.29, 0.717) is 21.1 Å². The highest BCUT2D eigenvalue weighted by Gasteiger charge is 2.30. The number of alkyl halides is 3. The van der Waals surface area contributed by atoms with Crippen molar-refractivity contribution in [2.75, 3.05) is 0 Å². The lowest BCUT2D eigenvalue weighted by Crippen LogP contribution is -2.03. The van der Waals surface area contributed by atoms with Gasteiger partial charge in [0.1, 0.15) is 10.8 Å². The highest BCUT2D eigenvalue weighted by Crippen LogP contribution is 2.34. The Morgan fingerprint density at radius 3 is 2.45 bits per heavy atom. The first-order valence-electron chi connectivity index (χ1n) is 6.87. The normalized spacial score (nSPS) is 12.7. The molecule has 0 saturated heterocycles. The van der Waals surface area contributed by atoms with Crippen LogP contribution in [0.4, 0.5) is 13.2 Å². The molecule has 2 aromatic rings. The van der Waals surface area contributed by atoms with Crippen molar-refractivity contribution in [3.8, 4) is 10.6 Å². The summed E-state index contributed by atoms with van der Waals surface area (Å²) in [6.45, 7) is 3.78. The Balaban J connectivity index is 2.31. The van der Waals surface area contributed by atoms with Gasteiger partial charge >= 0.3 is 6.18 Å². The predicted octanol–water partition coefficient (Wildman–Crippen LogP) is 5.84. The van der Waals surface area contributed by atoms with Crippen molar-refractivity contribution < 1.29 is 18.3 Å². The number of aryl methyl sites for hydroxylation is 1. The van der Waals surface area contributed by atoms with E-state index in [1.807, 2.05) is 6.92 Å². The number of hydrogen-bond donors (Lipinski definition) is 1. The van der Waals surface area contributed by atoms with Crippen LogP contribution in [-0.2, 0) is 6.18 Å². The molecule has 1 heterocycles. The largest absolute Gasteiger partial charge is 0.507 e. The second-order valence-corrected chi connectivity index (χ2v) is 5.89. The van der Waals surface area contributed by atoms with Crippen molar-refractivity contribution in [3.63, 3.8) is 0 Å². The third kappa shape index (κ3) is 3.68. The van der Waals surface area contributed by atoms with E-state index in [2.05, 4.69) is 4.98 Å². The summed E-state index contributed by atoms with van der Waals surface area (Å²) in [5.74, 6) is 0.176. The van der Waals surface area contributed by atoms with Crippen molar-refractivity contribution in [1.82, 2.24) is 4.98 Å². The van der Waals surface area contributed by atoms with Crippen molar-refractivity contribution in [3.05, 3.63) is 46.5 Å². The fourth-order valence-corrected chi connectivity index (χ4v) is 2.94. The second-order valence-electron chi connectivity index (χ2n) is 4.89. The number of nitrogens with zero attached hydrogens (tertiary/aromatic N) is 1. The first-order valence-corrected chi connectivity index (χ1v) is 7.69. The van der Waals surface area contributed by atoms with Crippen molar-refractivity contribution in [2.24, 2.45) is 0 Å².